The fourth-order valence-corrected chi connectivity index (χ4v) is 2.99. The molecule has 2 rings (SSSR count). The van der Waals surface area contributed by atoms with Gasteiger partial charge in [-0.1, -0.05) is 13.0 Å². The van der Waals surface area contributed by atoms with Crippen LogP contribution in [0, 0.1) is 28.4 Å². The number of benzene rings is 1. The van der Waals surface area contributed by atoms with Gasteiger partial charge in [-0.25, -0.2) is 0 Å². The molecule has 2 aromatic rings. The van der Waals surface area contributed by atoms with Crippen LogP contribution in [0.4, 0.5) is 5.69 Å². The Hall–Kier alpha value is -3.01. The van der Waals surface area contributed by atoms with E-state index < -0.39 is 22.4 Å². The topological polar surface area (TPSA) is 106 Å². The third-order valence-electron chi connectivity index (χ3n) is 3.97. The number of carbonyl (C=O) groups is 1. The molecule has 1 atom stereocenters. The number of fused-ring (bicyclic) bond motifs is 1. The number of pyridine rings is 1. The maximum Gasteiger partial charge on any atom is 0.314 e. The highest BCUT2D eigenvalue weighted by molar-refractivity contribution is 5.95. The number of aromatic nitrogens is 1. The highest BCUT2D eigenvalue weighted by Gasteiger charge is 2.31. The van der Waals surface area contributed by atoms with E-state index in [0.717, 1.165) is 0 Å². The maximum atomic E-state index is 12.7. The molecule has 0 spiro atoms. The number of rotatable bonds is 4. The van der Waals surface area contributed by atoms with E-state index in [0.29, 0.717) is 23.2 Å². The van der Waals surface area contributed by atoms with Gasteiger partial charge in [0.2, 0.25) is 0 Å². The number of nitro groups is 1. The fraction of sp³-hybridized carbons (Fsp3) is 0.421. The first-order valence-corrected chi connectivity index (χ1v) is 8.31. The van der Waals surface area contributed by atoms with Crippen LogP contribution in [0.25, 0.3) is 10.9 Å². The zero-order valence-corrected chi connectivity index (χ0v) is 15.5. The minimum absolute atomic E-state index is 0.109. The van der Waals surface area contributed by atoms with E-state index in [1.807, 2.05) is 0 Å². The van der Waals surface area contributed by atoms with E-state index in [4.69, 9.17) is 4.74 Å². The molecule has 1 aromatic carbocycles. The predicted octanol–water partition coefficient (Wildman–Crippen LogP) is 4.16. The Kier molecular flexibility index (Phi) is 5.26. The van der Waals surface area contributed by atoms with E-state index >= 15 is 0 Å². The van der Waals surface area contributed by atoms with Crippen molar-refractivity contribution in [3.05, 3.63) is 45.1 Å². The van der Waals surface area contributed by atoms with Gasteiger partial charge in [0.05, 0.1) is 27.3 Å². The second kappa shape index (κ2) is 7.08. The van der Waals surface area contributed by atoms with Gasteiger partial charge in [0.15, 0.2) is 0 Å². The summed E-state index contributed by atoms with van der Waals surface area (Å²) in [4.78, 5) is 28.0. The van der Waals surface area contributed by atoms with Crippen molar-refractivity contribution in [2.24, 2.45) is 0 Å². The van der Waals surface area contributed by atoms with Crippen molar-refractivity contribution < 1.29 is 14.5 Å². The molecule has 0 saturated carbocycles. The van der Waals surface area contributed by atoms with Gasteiger partial charge in [-0.2, -0.15) is 5.26 Å². The molecule has 1 unspecified atom stereocenters. The van der Waals surface area contributed by atoms with Gasteiger partial charge in [0, 0.05) is 17.3 Å². The third kappa shape index (κ3) is 3.64. The molecular formula is C19H21N3O4. The number of nitrogens with zero attached hydrogens (tertiary/aromatic N) is 3. The van der Waals surface area contributed by atoms with Crippen molar-refractivity contribution in [1.82, 2.24) is 4.98 Å². The Bertz CT molecular complexity index is 923. The van der Waals surface area contributed by atoms with E-state index in [-0.39, 0.29) is 16.6 Å². The number of nitriles is 1. The first kappa shape index (κ1) is 19.3. The molecule has 0 bridgehead atoms. The minimum atomic E-state index is -0.722. The first-order chi connectivity index (χ1) is 12.1. The molecule has 7 nitrogen and oxygen atoms in total. The molecule has 0 aliphatic heterocycles. The number of hydrogen-bond acceptors (Lipinski definition) is 6. The standard InChI is InChI=1S/C19H21N3O4/c1-6-12(18(23)26-19(3,4)5)16-11(2)21-14-8-7-9-15(22(24)25)17(14)13(16)10-20/h7-9,12H,6H2,1-5H3. The van der Waals surface area contributed by atoms with Gasteiger partial charge in [0.25, 0.3) is 5.69 Å². The maximum absolute atomic E-state index is 12.7. The summed E-state index contributed by atoms with van der Waals surface area (Å²) < 4.78 is 5.48. The molecule has 0 aliphatic carbocycles. The lowest BCUT2D eigenvalue weighted by molar-refractivity contribution is -0.383. The lowest BCUT2D eigenvalue weighted by Crippen LogP contribution is -2.28. The SMILES string of the molecule is CCC(C(=O)OC(C)(C)C)c1c(C)nc2cccc([N+](=O)[O-])c2c1C#N. The second-order valence-corrected chi connectivity index (χ2v) is 7.02. The van der Waals surface area contributed by atoms with Crippen molar-refractivity contribution in [1.29, 1.82) is 5.26 Å². The number of nitro benzene ring substituents is 1. The normalized spacial score (nSPS) is 12.5. The minimum Gasteiger partial charge on any atom is -0.459 e. The van der Waals surface area contributed by atoms with Crippen LogP contribution in [0.5, 0.6) is 0 Å². The number of aryl methyl sites for hydroxylation is 1. The van der Waals surface area contributed by atoms with E-state index in [1.54, 1.807) is 40.7 Å². The van der Waals surface area contributed by atoms with Crippen LogP contribution in [0.15, 0.2) is 18.2 Å². The smallest absolute Gasteiger partial charge is 0.314 e. The Labute approximate surface area is 151 Å². The lowest BCUT2D eigenvalue weighted by atomic mass is 9.88. The van der Waals surface area contributed by atoms with Crippen molar-refractivity contribution >= 4 is 22.6 Å². The fourth-order valence-electron chi connectivity index (χ4n) is 2.99. The molecular weight excluding hydrogens is 334 g/mol. The van der Waals surface area contributed by atoms with Crippen LogP contribution in [-0.2, 0) is 9.53 Å². The summed E-state index contributed by atoms with van der Waals surface area (Å²) in [6.45, 7) is 8.79. The summed E-state index contributed by atoms with van der Waals surface area (Å²) in [6.07, 6.45) is 0.387. The summed E-state index contributed by atoms with van der Waals surface area (Å²) in [5.74, 6) is -1.19. The Morgan fingerprint density at radius 2 is 2.08 bits per heavy atom. The van der Waals surface area contributed by atoms with Crippen LogP contribution in [0.2, 0.25) is 0 Å². The van der Waals surface area contributed by atoms with Crippen LogP contribution >= 0.6 is 0 Å². The molecule has 26 heavy (non-hydrogen) atoms. The summed E-state index contributed by atoms with van der Waals surface area (Å²) >= 11 is 0. The Morgan fingerprint density at radius 3 is 2.58 bits per heavy atom. The number of non-ortho nitro benzene ring substituents is 1. The molecule has 7 heteroatoms. The molecule has 0 fully saturated rings. The molecule has 0 radical (unpaired) electrons. The van der Waals surface area contributed by atoms with Gasteiger partial charge in [-0.3, -0.25) is 19.9 Å². The van der Waals surface area contributed by atoms with Crippen LogP contribution in [0.1, 0.15) is 56.9 Å². The van der Waals surface area contributed by atoms with Crippen molar-refractivity contribution in [2.75, 3.05) is 0 Å². The van der Waals surface area contributed by atoms with Gasteiger partial charge in [-0.05, 0) is 40.2 Å². The zero-order chi connectivity index (χ0) is 19.6. The van der Waals surface area contributed by atoms with Crippen molar-refractivity contribution in [3.63, 3.8) is 0 Å². The van der Waals surface area contributed by atoms with E-state index in [9.17, 15) is 20.2 Å². The molecule has 136 valence electrons. The number of esters is 1. The van der Waals surface area contributed by atoms with Gasteiger partial charge in [-0.15, -0.1) is 0 Å². The molecule has 1 heterocycles. The Morgan fingerprint density at radius 1 is 1.42 bits per heavy atom. The zero-order valence-electron chi connectivity index (χ0n) is 15.5. The van der Waals surface area contributed by atoms with Gasteiger partial charge >= 0.3 is 5.97 Å². The lowest BCUT2D eigenvalue weighted by Gasteiger charge is -2.25. The third-order valence-corrected chi connectivity index (χ3v) is 3.97. The van der Waals surface area contributed by atoms with Crippen LogP contribution in [0.3, 0.4) is 0 Å². The van der Waals surface area contributed by atoms with E-state index in [2.05, 4.69) is 11.1 Å². The number of carbonyl (C=O) groups excluding carboxylic acids is 1. The van der Waals surface area contributed by atoms with Crippen molar-refractivity contribution in [2.45, 2.75) is 52.6 Å². The quantitative estimate of drug-likeness (QED) is 0.463. The highest BCUT2D eigenvalue weighted by Crippen LogP contribution is 2.36. The van der Waals surface area contributed by atoms with Gasteiger partial charge in [0.1, 0.15) is 11.7 Å². The van der Waals surface area contributed by atoms with Crippen molar-refractivity contribution in [3.8, 4) is 6.07 Å². The summed E-state index contributed by atoms with van der Waals surface area (Å²) in [5, 5.41) is 21.3. The van der Waals surface area contributed by atoms with Crippen LogP contribution in [-0.4, -0.2) is 21.5 Å². The predicted molar refractivity (Wildman–Crippen MR) is 96.7 cm³/mol. The number of hydrogen-bond donors (Lipinski definition) is 0. The molecule has 0 N–H and O–H groups in total. The molecule has 0 amide bonds. The average Bonchev–Trinajstić information content (AvgIpc) is 2.53. The number of ether oxygens (including phenoxy) is 1. The molecule has 0 aliphatic rings. The van der Waals surface area contributed by atoms with Crippen LogP contribution < -0.4 is 0 Å². The molecule has 0 saturated heterocycles. The van der Waals surface area contributed by atoms with E-state index in [1.165, 1.54) is 12.1 Å². The monoisotopic (exact) mass is 355 g/mol. The largest absolute Gasteiger partial charge is 0.459 e. The second-order valence-electron chi connectivity index (χ2n) is 7.02. The first-order valence-electron chi connectivity index (χ1n) is 8.31. The average molecular weight is 355 g/mol. The van der Waals surface area contributed by atoms with Gasteiger partial charge < -0.3 is 4.74 Å². The Balaban J connectivity index is 2.79. The summed E-state index contributed by atoms with van der Waals surface area (Å²) in [5.41, 5.74) is 0.472. The highest BCUT2D eigenvalue weighted by atomic mass is 16.6. The summed E-state index contributed by atoms with van der Waals surface area (Å²) in [6, 6.07) is 6.53. The summed E-state index contributed by atoms with van der Waals surface area (Å²) in [7, 11) is 0. The molecule has 1 aromatic heterocycles.